The highest BCUT2D eigenvalue weighted by Gasteiger charge is 2.21. The second kappa shape index (κ2) is 7.57. The Labute approximate surface area is 137 Å². The van der Waals surface area contributed by atoms with Crippen molar-refractivity contribution in [2.75, 3.05) is 13.1 Å². The van der Waals surface area contributed by atoms with Crippen LogP contribution in [0.5, 0.6) is 0 Å². The molecule has 110 valence electrons. The number of likely N-dealkylation sites (tertiary alicyclic amines) is 1. The van der Waals surface area contributed by atoms with Crippen molar-refractivity contribution in [3.63, 3.8) is 0 Å². The molecule has 2 rings (SSSR count). The average Bonchev–Trinajstić information content (AvgIpc) is 2.48. The number of hydrogen-bond donors (Lipinski definition) is 1. The number of carbonyl (C=O) groups excluding carboxylic acids is 1. The molecule has 1 N–H and O–H groups in total. The van der Waals surface area contributed by atoms with E-state index in [1.54, 1.807) is 0 Å². The number of nitrogens with one attached hydrogen (secondary N) is 1. The van der Waals surface area contributed by atoms with Gasteiger partial charge in [0, 0.05) is 28.6 Å². The van der Waals surface area contributed by atoms with Crippen molar-refractivity contribution in [3.8, 4) is 0 Å². The fraction of sp³-hybridized carbons (Fsp3) is 0.533. The molecule has 0 aliphatic carbocycles. The second-order valence-corrected chi connectivity index (χ2v) is 6.95. The Balaban J connectivity index is 1.85. The standard InChI is InChI=1S/C15H20Br2N2O/c1-11(15(20)19-7-3-2-4-8-19)18-10-12-5-6-13(16)14(17)9-12/h5-6,9,11,18H,2-4,7-8,10H2,1H3. The van der Waals surface area contributed by atoms with Gasteiger partial charge in [-0.15, -0.1) is 0 Å². The smallest absolute Gasteiger partial charge is 0.239 e. The summed E-state index contributed by atoms with van der Waals surface area (Å²) in [5, 5.41) is 3.32. The third-order valence-electron chi connectivity index (χ3n) is 3.63. The minimum Gasteiger partial charge on any atom is -0.341 e. The first-order valence-electron chi connectivity index (χ1n) is 7.04. The fourth-order valence-electron chi connectivity index (χ4n) is 2.40. The molecule has 0 spiro atoms. The first-order valence-corrected chi connectivity index (χ1v) is 8.62. The van der Waals surface area contributed by atoms with E-state index in [4.69, 9.17) is 0 Å². The van der Waals surface area contributed by atoms with Crippen LogP contribution < -0.4 is 5.32 Å². The van der Waals surface area contributed by atoms with Crippen LogP contribution in [0.15, 0.2) is 27.1 Å². The molecule has 1 unspecified atom stereocenters. The average molecular weight is 404 g/mol. The van der Waals surface area contributed by atoms with Crippen molar-refractivity contribution in [1.82, 2.24) is 10.2 Å². The van der Waals surface area contributed by atoms with Crippen molar-refractivity contribution in [3.05, 3.63) is 32.7 Å². The number of amides is 1. The summed E-state index contributed by atoms with van der Waals surface area (Å²) in [5.41, 5.74) is 1.17. The van der Waals surface area contributed by atoms with Gasteiger partial charge in [0.05, 0.1) is 6.04 Å². The van der Waals surface area contributed by atoms with Gasteiger partial charge in [0.15, 0.2) is 0 Å². The largest absolute Gasteiger partial charge is 0.341 e. The Morgan fingerprint density at radius 2 is 1.95 bits per heavy atom. The van der Waals surface area contributed by atoms with Crippen LogP contribution in [0.1, 0.15) is 31.7 Å². The van der Waals surface area contributed by atoms with Crippen molar-refractivity contribution in [2.24, 2.45) is 0 Å². The van der Waals surface area contributed by atoms with E-state index in [1.165, 1.54) is 12.0 Å². The van der Waals surface area contributed by atoms with Gasteiger partial charge in [0.2, 0.25) is 5.91 Å². The Bertz CT molecular complexity index is 473. The number of hydrogen-bond acceptors (Lipinski definition) is 2. The van der Waals surface area contributed by atoms with Gasteiger partial charge in [-0.3, -0.25) is 4.79 Å². The first kappa shape index (κ1) is 16.0. The van der Waals surface area contributed by atoms with E-state index in [-0.39, 0.29) is 11.9 Å². The van der Waals surface area contributed by atoms with E-state index in [1.807, 2.05) is 17.9 Å². The van der Waals surface area contributed by atoms with Crippen molar-refractivity contribution >= 4 is 37.8 Å². The maximum atomic E-state index is 12.3. The van der Waals surface area contributed by atoms with Gasteiger partial charge in [-0.05, 0) is 75.7 Å². The quantitative estimate of drug-likeness (QED) is 0.831. The molecule has 1 aliphatic rings. The predicted octanol–water partition coefficient (Wildman–Crippen LogP) is 3.70. The van der Waals surface area contributed by atoms with Crippen LogP contribution in [0.25, 0.3) is 0 Å². The maximum absolute atomic E-state index is 12.3. The monoisotopic (exact) mass is 402 g/mol. The van der Waals surface area contributed by atoms with Crippen LogP contribution in [0.2, 0.25) is 0 Å². The third-order valence-corrected chi connectivity index (χ3v) is 5.51. The summed E-state index contributed by atoms with van der Waals surface area (Å²) < 4.78 is 2.07. The fourth-order valence-corrected chi connectivity index (χ4v) is 3.07. The van der Waals surface area contributed by atoms with Gasteiger partial charge in [-0.1, -0.05) is 6.07 Å². The summed E-state index contributed by atoms with van der Waals surface area (Å²) in [5.74, 6) is 0.223. The minimum absolute atomic E-state index is 0.129. The number of carbonyl (C=O) groups is 1. The first-order chi connectivity index (χ1) is 9.58. The number of nitrogens with zero attached hydrogens (tertiary/aromatic N) is 1. The van der Waals surface area contributed by atoms with Gasteiger partial charge >= 0.3 is 0 Å². The molecule has 0 radical (unpaired) electrons. The Morgan fingerprint density at radius 3 is 2.60 bits per heavy atom. The molecule has 1 saturated heterocycles. The van der Waals surface area contributed by atoms with E-state index in [0.717, 1.165) is 34.9 Å². The van der Waals surface area contributed by atoms with Gasteiger partial charge < -0.3 is 10.2 Å². The lowest BCUT2D eigenvalue weighted by Crippen LogP contribution is -2.46. The van der Waals surface area contributed by atoms with Gasteiger partial charge in [0.1, 0.15) is 0 Å². The summed E-state index contributed by atoms with van der Waals surface area (Å²) in [6.45, 7) is 4.47. The summed E-state index contributed by atoms with van der Waals surface area (Å²) in [7, 11) is 0. The third kappa shape index (κ3) is 4.30. The summed E-state index contributed by atoms with van der Waals surface area (Å²) in [4.78, 5) is 14.3. The van der Waals surface area contributed by atoms with Crippen LogP contribution in [-0.2, 0) is 11.3 Å². The van der Waals surface area contributed by atoms with Gasteiger partial charge in [0.25, 0.3) is 0 Å². The lowest BCUT2D eigenvalue weighted by Gasteiger charge is -2.29. The van der Waals surface area contributed by atoms with Crippen LogP contribution in [0.3, 0.4) is 0 Å². The highest BCUT2D eigenvalue weighted by atomic mass is 79.9. The van der Waals surface area contributed by atoms with E-state index >= 15 is 0 Å². The van der Waals surface area contributed by atoms with Crippen LogP contribution >= 0.6 is 31.9 Å². The topological polar surface area (TPSA) is 32.3 Å². The maximum Gasteiger partial charge on any atom is 0.239 e. The van der Waals surface area contributed by atoms with Crippen molar-refractivity contribution < 1.29 is 4.79 Å². The lowest BCUT2D eigenvalue weighted by molar-refractivity contribution is -0.133. The second-order valence-electron chi connectivity index (χ2n) is 5.24. The zero-order valence-electron chi connectivity index (χ0n) is 11.7. The minimum atomic E-state index is -0.129. The normalized spacial score (nSPS) is 17.1. The van der Waals surface area contributed by atoms with E-state index in [2.05, 4.69) is 49.3 Å². The zero-order valence-corrected chi connectivity index (χ0v) is 14.8. The SMILES string of the molecule is CC(NCc1ccc(Br)c(Br)c1)C(=O)N1CCCCC1. The number of piperidine rings is 1. The van der Waals surface area contributed by atoms with Crippen molar-refractivity contribution in [1.29, 1.82) is 0 Å². The van der Waals surface area contributed by atoms with Crippen LogP contribution in [0.4, 0.5) is 0 Å². The highest BCUT2D eigenvalue weighted by Crippen LogP contribution is 2.23. The molecule has 1 amide bonds. The van der Waals surface area contributed by atoms with Crippen molar-refractivity contribution in [2.45, 2.75) is 38.8 Å². The van der Waals surface area contributed by atoms with Gasteiger partial charge in [-0.25, -0.2) is 0 Å². The zero-order chi connectivity index (χ0) is 14.5. The predicted molar refractivity (Wildman–Crippen MR) is 88.6 cm³/mol. The highest BCUT2D eigenvalue weighted by molar-refractivity contribution is 9.13. The number of halogens is 2. The summed E-state index contributed by atoms with van der Waals surface area (Å²) >= 11 is 6.95. The molecule has 1 aromatic rings. The molecule has 1 aromatic carbocycles. The van der Waals surface area contributed by atoms with E-state index in [0.29, 0.717) is 6.54 Å². The molecule has 5 heteroatoms. The molecule has 1 heterocycles. The van der Waals surface area contributed by atoms with Crippen LogP contribution in [-0.4, -0.2) is 29.9 Å². The molecule has 0 saturated carbocycles. The number of rotatable bonds is 4. The summed E-state index contributed by atoms with van der Waals surface area (Å²) in [6.07, 6.45) is 3.52. The Hall–Kier alpha value is -0.390. The molecule has 0 aromatic heterocycles. The Morgan fingerprint density at radius 1 is 1.25 bits per heavy atom. The van der Waals surface area contributed by atoms with Gasteiger partial charge in [-0.2, -0.15) is 0 Å². The molecule has 1 aliphatic heterocycles. The Kier molecular flexibility index (Phi) is 6.05. The van der Waals surface area contributed by atoms with E-state index in [9.17, 15) is 4.79 Å². The molecule has 0 bridgehead atoms. The lowest BCUT2D eigenvalue weighted by atomic mass is 10.1. The molecule has 3 nitrogen and oxygen atoms in total. The van der Waals surface area contributed by atoms with E-state index < -0.39 is 0 Å². The molecule has 1 fully saturated rings. The number of benzene rings is 1. The molecular weight excluding hydrogens is 384 g/mol. The van der Waals surface area contributed by atoms with Crippen LogP contribution in [0, 0.1) is 0 Å². The molecule has 20 heavy (non-hydrogen) atoms. The summed E-state index contributed by atoms with van der Waals surface area (Å²) in [6, 6.07) is 6.00. The molecule has 1 atom stereocenters. The molecular formula is C15H20Br2N2O.